The van der Waals surface area contributed by atoms with E-state index in [4.69, 9.17) is 16.3 Å². The van der Waals surface area contributed by atoms with Crippen molar-refractivity contribution >= 4 is 29.1 Å². The van der Waals surface area contributed by atoms with Crippen molar-refractivity contribution in [1.82, 2.24) is 10.9 Å². The lowest BCUT2D eigenvalue weighted by molar-refractivity contribution is -0.384. The van der Waals surface area contributed by atoms with Gasteiger partial charge in [0.15, 0.2) is 0 Å². The van der Waals surface area contributed by atoms with Gasteiger partial charge in [-0.3, -0.25) is 30.6 Å². The lowest BCUT2D eigenvalue weighted by atomic mass is 10.2. The second kappa shape index (κ2) is 8.11. The zero-order valence-electron chi connectivity index (χ0n) is 13.1. The smallest absolute Gasteiger partial charge is 0.271 e. The Morgan fingerprint density at radius 3 is 2.36 bits per heavy atom. The van der Waals surface area contributed by atoms with Crippen molar-refractivity contribution < 1.29 is 19.2 Å². The standard InChI is InChI=1S/C16H14ClN3O5/c1-2-25-12-6-3-10(4-7-12)15(21)18-19-16(22)13-9-11(20(23)24)5-8-14(13)17/h3-9H,2H2,1H3,(H,18,21)(H,19,22). The number of rotatable bonds is 5. The number of non-ortho nitro benzene ring substituents is 1. The van der Waals surface area contributed by atoms with Crippen LogP contribution in [0.1, 0.15) is 27.6 Å². The molecule has 0 saturated carbocycles. The maximum Gasteiger partial charge on any atom is 0.271 e. The van der Waals surface area contributed by atoms with Crippen LogP contribution in [0.25, 0.3) is 0 Å². The van der Waals surface area contributed by atoms with E-state index in [0.717, 1.165) is 6.07 Å². The molecule has 0 heterocycles. The van der Waals surface area contributed by atoms with E-state index in [1.807, 2.05) is 6.92 Å². The van der Waals surface area contributed by atoms with Crippen LogP contribution in [0.2, 0.25) is 5.02 Å². The second-order valence-electron chi connectivity index (χ2n) is 4.79. The highest BCUT2D eigenvalue weighted by atomic mass is 35.5. The summed E-state index contributed by atoms with van der Waals surface area (Å²) in [5.74, 6) is -0.711. The van der Waals surface area contributed by atoms with Gasteiger partial charge in [0.25, 0.3) is 17.5 Å². The normalized spacial score (nSPS) is 10.0. The zero-order chi connectivity index (χ0) is 18.4. The molecular weight excluding hydrogens is 350 g/mol. The second-order valence-corrected chi connectivity index (χ2v) is 5.19. The number of hydrogen-bond donors (Lipinski definition) is 2. The van der Waals surface area contributed by atoms with Crippen molar-refractivity contribution in [2.75, 3.05) is 6.61 Å². The van der Waals surface area contributed by atoms with Crippen LogP contribution >= 0.6 is 11.6 Å². The summed E-state index contributed by atoms with van der Waals surface area (Å²) in [6.45, 7) is 2.35. The number of nitrogens with zero attached hydrogens (tertiary/aromatic N) is 1. The fourth-order valence-electron chi connectivity index (χ4n) is 1.92. The molecule has 0 unspecified atom stereocenters. The number of nitro benzene ring substituents is 1. The molecule has 8 nitrogen and oxygen atoms in total. The maximum atomic E-state index is 12.1. The van der Waals surface area contributed by atoms with E-state index in [-0.39, 0.29) is 16.3 Å². The van der Waals surface area contributed by atoms with Gasteiger partial charge < -0.3 is 4.74 Å². The largest absolute Gasteiger partial charge is 0.494 e. The summed E-state index contributed by atoms with van der Waals surface area (Å²) >= 11 is 5.87. The van der Waals surface area contributed by atoms with Gasteiger partial charge in [-0.15, -0.1) is 0 Å². The predicted molar refractivity (Wildman–Crippen MR) is 90.6 cm³/mol. The summed E-state index contributed by atoms with van der Waals surface area (Å²) in [7, 11) is 0. The van der Waals surface area contributed by atoms with Crippen molar-refractivity contribution in [2.24, 2.45) is 0 Å². The minimum absolute atomic E-state index is 0.0263. The fraction of sp³-hybridized carbons (Fsp3) is 0.125. The Labute approximate surface area is 147 Å². The Kier molecular flexibility index (Phi) is 5.91. The molecule has 0 saturated heterocycles. The highest BCUT2D eigenvalue weighted by Gasteiger charge is 2.16. The quantitative estimate of drug-likeness (QED) is 0.626. The molecular formula is C16H14ClN3O5. The average molecular weight is 364 g/mol. The first-order chi connectivity index (χ1) is 11.9. The molecule has 0 fully saturated rings. The van der Waals surface area contributed by atoms with Gasteiger partial charge in [-0.2, -0.15) is 0 Å². The van der Waals surface area contributed by atoms with Crippen LogP contribution in [-0.2, 0) is 0 Å². The molecule has 0 bridgehead atoms. The van der Waals surface area contributed by atoms with E-state index in [2.05, 4.69) is 10.9 Å². The van der Waals surface area contributed by atoms with E-state index in [9.17, 15) is 19.7 Å². The van der Waals surface area contributed by atoms with Gasteiger partial charge in [0.05, 0.1) is 22.1 Å². The Morgan fingerprint density at radius 2 is 1.76 bits per heavy atom. The molecule has 130 valence electrons. The van der Waals surface area contributed by atoms with E-state index >= 15 is 0 Å². The summed E-state index contributed by atoms with van der Waals surface area (Å²) < 4.78 is 5.27. The Balaban J connectivity index is 2.03. The Hall–Kier alpha value is -3.13. The van der Waals surface area contributed by atoms with Crippen molar-refractivity contribution in [3.05, 3.63) is 68.7 Å². The van der Waals surface area contributed by atoms with Crippen LogP contribution < -0.4 is 15.6 Å². The van der Waals surface area contributed by atoms with Gasteiger partial charge in [0, 0.05) is 17.7 Å². The summed E-state index contributed by atoms with van der Waals surface area (Å²) in [5.41, 5.74) is 4.28. The van der Waals surface area contributed by atoms with Crippen molar-refractivity contribution in [3.63, 3.8) is 0 Å². The number of ether oxygens (including phenoxy) is 1. The van der Waals surface area contributed by atoms with Crippen LogP contribution in [0.15, 0.2) is 42.5 Å². The molecule has 0 aliphatic heterocycles. The van der Waals surface area contributed by atoms with E-state index < -0.39 is 16.7 Å². The van der Waals surface area contributed by atoms with Gasteiger partial charge in [-0.05, 0) is 37.3 Å². The summed E-state index contributed by atoms with van der Waals surface area (Å²) in [6, 6.07) is 9.76. The topological polar surface area (TPSA) is 111 Å². The first-order valence-electron chi connectivity index (χ1n) is 7.20. The van der Waals surface area contributed by atoms with Gasteiger partial charge in [0.1, 0.15) is 5.75 Å². The number of hydrazine groups is 1. The number of amides is 2. The molecule has 9 heteroatoms. The average Bonchev–Trinajstić information content (AvgIpc) is 2.60. The molecule has 2 amide bonds. The molecule has 25 heavy (non-hydrogen) atoms. The SMILES string of the molecule is CCOc1ccc(C(=O)NNC(=O)c2cc([N+](=O)[O-])ccc2Cl)cc1. The fourth-order valence-corrected chi connectivity index (χ4v) is 2.13. The summed E-state index contributed by atoms with van der Waals surface area (Å²) in [4.78, 5) is 34.2. The number of nitrogens with one attached hydrogen (secondary N) is 2. The molecule has 0 aromatic heterocycles. The molecule has 0 atom stereocenters. The third kappa shape index (κ3) is 4.67. The third-order valence-electron chi connectivity index (χ3n) is 3.12. The molecule has 0 spiro atoms. The van der Waals surface area contributed by atoms with Crippen LogP contribution in [0, 0.1) is 10.1 Å². The minimum atomic E-state index is -0.770. The lowest BCUT2D eigenvalue weighted by Gasteiger charge is -2.09. The number of nitro groups is 1. The maximum absolute atomic E-state index is 12.1. The molecule has 0 aliphatic rings. The van der Waals surface area contributed by atoms with E-state index in [1.165, 1.54) is 24.3 Å². The van der Waals surface area contributed by atoms with Crippen LogP contribution in [0.3, 0.4) is 0 Å². The number of carbonyl (C=O) groups excluding carboxylic acids is 2. The van der Waals surface area contributed by atoms with Crippen molar-refractivity contribution in [2.45, 2.75) is 6.92 Å². The molecule has 0 radical (unpaired) electrons. The molecule has 2 N–H and O–H groups in total. The number of halogens is 1. The molecule has 2 aromatic rings. The Morgan fingerprint density at radius 1 is 1.12 bits per heavy atom. The van der Waals surface area contributed by atoms with E-state index in [1.54, 1.807) is 12.1 Å². The van der Waals surface area contributed by atoms with Crippen molar-refractivity contribution in [1.29, 1.82) is 0 Å². The third-order valence-corrected chi connectivity index (χ3v) is 3.45. The first-order valence-corrected chi connectivity index (χ1v) is 7.57. The van der Waals surface area contributed by atoms with Crippen LogP contribution in [0.4, 0.5) is 5.69 Å². The van der Waals surface area contributed by atoms with E-state index in [0.29, 0.717) is 17.9 Å². The molecule has 2 rings (SSSR count). The van der Waals surface area contributed by atoms with Gasteiger partial charge in [-0.1, -0.05) is 11.6 Å². The molecule has 2 aromatic carbocycles. The predicted octanol–water partition coefficient (Wildman–Crippen LogP) is 2.72. The van der Waals surface area contributed by atoms with Gasteiger partial charge >= 0.3 is 0 Å². The van der Waals surface area contributed by atoms with Crippen molar-refractivity contribution in [3.8, 4) is 5.75 Å². The summed E-state index contributed by atoms with van der Waals surface area (Å²) in [6.07, 6.45) is 0. The van der Waals surface area contributed by atoms with Crippen LogP contribution in [0.5, 0.6) is 5.75 Å². The monoisotopic (exact) mass is 363 g/mol. The summed E-state index contributed by atoms with van der Waals surface area (Å²) in [5, 5.41) is 10.8. The molecule has 0 aliphatic carbocycles. The Bertz CT molecular complexity index is 808. The highest BCUT2D eigenvalue weighted by Crippen LogP contribution is 2.21. The minimum Gasteiger partial charge on any atom is -0.494 e. The number of benzene rings is 2. The van der Waals surface area contributed by atoms with Gasteiger partial charge in [0.2, 0.25) is 0 Å². The zero-order valence-corrected chi connectivity index (χ0v) is 13.9. The van der Waals surface area contributed by atoms with Gasteiger partial charge in [-0.25, -0.2) is 0 Å². The lowest BCUT2D eigenvalue weighted by Crippen LogP contribution is -2.41. The number of carbonyl (C=O) groups is 2. The van der Waals surface area contributed by atoms with Crippen LogP contribution in [-0.4, -0.2) is 23.3 Å². The number of hydrogen-bond acceptors (Lipinski definition) is 5. The highest BCUT2D eigenvalue weighted by molar-refractivity contribution is 6.34. The first kappa shape index (κ1) is 18.2.